The molecule has 23 heavy (non-hydrogen) atoms. The van der Waals surface area contributed by atoms with Crippen molar-refractivity contribution in [3.63, 3.8) is 0 Å². The second kappa shape index (κ2) is 6.54. The molecular weight excluding hydrogens is 290 g/mol. The lowest BCUT2D eigenvalue weighted by Gasteiger charge is -2.16. The average molecular weight is 313 g/mol. The summed E-state index contributed by atoms with van der Waals surface area (Å²) < 4.78 is 0. The minimum Gasteiger partial charge on any atom is -0.391 e. The third-order valence-corrected chi connectivity index (χ3v) is 4.59. The number of aliphatic hydroxyl groups is 1. The number of aromatic amines is 1. The molecule has 1 aliphatic rings. The van der Waals surface area contributed by atoms with E-state index in [0.717, 1.165) is 22.5 Å². The van der Waals surface area contributed by atoms with Crippen molar-refractivity contribution < 1.29 is 9.90 Å². The minimum atomic E-state index is -0.479. The maximum Gasteiger partial charge on any atom is 0.227 e. The number of benzene rings is 1. The fraction of sp³-hybridized carbons (Fsp3) is 0.444. The molecule has 2 aromatic rings. The summed E-state index contributed by atoms with van der Waals surface area (Å²) in [6.07, 6.45) is 0.612. The van der Waals surface area contributed by atoms with Gasteiger partial charge in [0.2, 0.25) is 5.91 Å². The van der Waals surface area contributed by atoms with Gasteiger partial charge in [-0.1, -0.05) is 24.3 Å². The number of aliphatic hydroxyl groups excluding tert-OH is 1. The van der Waals surface area contributed by atoms with E-state index in [-0.39, 0.29) is 11.8 Å². The normalized spacial score (nSPS) is 20.9. The van der Waals surface area contributed by atoms with Gasteiger partial charge >= 0.3 is 0 Å². The molecule has 1 fully saturated rings. The highest BCUT2D eigenvalue weighted by Crippen LogP contribution is 2.22. The molecule has 5 heteroatoms. The van der Waals surface area contributed by atoms with Crippen LogP contribution < -0.4 is 0 Å². The molecule has 1 aromatic carbocycles. The number of carbonyl (C=O) groups is 1. The average Bonchev–Trinajstić information content (AvgIpc) is 3.08. The monoisotopic (exact) mass is 313 g/mol. The number of nitrogens with zero attached hydrogens (tertiary/aromatic N) is 2. The van der Waals surface area contributed by atoms with Crippen LogP contribution >= 0.6 is 0 Å². The first kappa shape index (κ1) is 15.7. The zero-order valence-corrected chi connectivity index (χ0v) is 13.6. The van der Waals surface area contributed by atoms with E-state index >= 15 is 0 Å². The first-order chi connectivity index (χ1) is 11.0. The molecule has 0 aliphatic carbocycles. The number of amides is 1. The maximum absolute atomic E-state index is 12.5. The van der Waals surface area contributed by atoms with Crippen molar-refractivity contribution in [2.75, 3.05) is 13.1 Å². The van der Waals surface area contributed by atoms with Crippen LogP contribution in [-0.2, 0) is 17.6 Å². The Labute approximate surface area is 136 Å². The fourth-order valence-electron chi connectivity index (χ4n) is 3.19. The van der Waals surface area contributed by atoms with E-state index in [4.69, 9.17) is 0 Å². The van der Waals surface area contributed by atoms with Crippen LogP contribution in [0.25, 0.3) is 0 Å². The molecule has 1 saturated heterocycles. The Bertz CT molecular complexity index is 695. The van der Waals surface area contributed by atoms with Gasteiger partial charge < -0.3 is 10.0 Å². The summed E-state index contributed by atoms with van der Waals surface area (Å²) in [6.45, 7) is 4.99. The van der Waals surface area contributed by atoms with Crippen molar-refractivity contribution >= 4 is 5.91 Å². The van der Waals surface area contributed by atoms with E-state index in [1.807, 2.05) is 44.2 Å². The van der Waals surface area contributed by atoms with Gasteiger partial charge in [-0.05, 0) is 37.5 Å². The molecule has 1 aliphatic heterocycles. The lowest BCUT2D eigenvalue weighted by molar-refractivity contribution is -0.129. The van der Waals surface area contributed by atoms with E-state index in [9.17, 15) is 9.90 Å². The van der Waals surface area contributed by atoms with Crippen LogP contribution in [0.4, 0.5) is 0 Å². The molecule has 122 valence electrons. The molecule has 0 radical (unpaired) electrons. The highest BCUT2D eigenvalue weighted by Gasteiger charge is 2.34. The van der Waals surface area contributed by atoms with Crippen molar-refractivity contribution in [3.8, 4) is 0 Å². The SMILES string of the molecule is Cc1cc(CC2CN(C(=O)Cc3ccccc3C)CC2O)n[nH]1. The van der Waals surface area contributed by atoms with Gasteiger partial charge in [0.15, 0.2) is 0 Å². The Morgan fingerprint density at radius 1 is 1.35 bits per heavy atom. The molecule has 2 atom stereocenters. The van der Waals surface area contributed by atoms with E-state index < -0.39 is 6.10 Å². The minimum absolute atomic E-state index is 0.0542. The van der Waals surface area contributed by atoms with Crippen LogP contribution in [0.15, 0.2) is 30.3 Å². The number of hydrogen-bond acceptors (Lipinski definition) is 3. The predicted molar refractivity (Wildman–Crippen MR) is 88.0 cm³/mol. The number of carbonyl (C=O) groups excluding carboxylic acids is 1. The Kier molecular flexibility index (Phi) is 4.48. The van der Waals surface area contributed by atoms with Gasteiger partial charge in [0, 0.05) is 24.7 Å². The summed E-state index contributed by atoms with van der Waals surface area (Å²) in [7, 11) is 0. The molecule has 2 unspecified atom stereocenters. The zero-order valence-electron chi connectivity index (χ0n) is 13.6. The number of aromatic nitrogens is 2. The van der Waals surface area contributed by atoms with E-state index in [1.165, 1.54) is 0 Å². The van der Waals surface area contributed by atoms with Crippen LogP contribution in [0.1, 0.15) is 22.5 Å². The van der Waals surface area contributed by atoms with Crippen molar-refractivity contribution in [2.24, 2.45) is 5.92 Å². The molecular formula is C18H23N3O2. The largest absolute Gasteiger partial charge is 0.391 e. The summed E-state index contributed by atoms with van der Waals surface area (Å²) >= 11 is 0. The summed E-state index contributed by atoms with van der Waals surface area (Å²) in [5, 5.41) is 17.4. The maximum atomic E-state index is 12.5. The second-order valence-corrected chi connectivity index (χ2v) is 6.48. The van der Waals surface area contributed by atoms with Crippen LogP contribution in [-0.4, -0.2) is 45.3 Å². The second-order valence-electron chi connectivity index (χ2n) is 6.48. The summed E-state index contributed by atoms with van der Waals surface area (Å²) in [5.74, 6) is 0.137. The molecule has 5 nitrogen and oxygen atoms in total. The van der Waals surface area contributed by atoms with Gasteiger partial charge in [0.05, 0.1) is 18.2 Å². The Balaban J connectivity index is 1.61. The molecule has 0 spiro atoms. The highest BCUT2D eigenvalue weighted by molar-refractivity contribution is 5.79. The number of H-pyrrole nitrogens is 1. The number of hydrogen-bond donors (Lipinski definition) is 2. The number of likely N-dealkylation sites (tertiary alicyclic amines) is 1. The fourth-order valence-corrected chi connectivity index (χ4v) is 3.19. The van der Waals surface area contributed by atoms with Gasteiger partial charge in [0.1, 0.15) is 0 Å². The topological polar surface area (TPSA) is 69.2 Å². The third-order valence-electron chi connectivity index (χ3n) is 4.59. The number of nitrogens with one attached hydrogen (secondary N) is 1. The van der Waals surface area contributed by atoms with E-state index in [0.29, 0.717) is 25.9 Å². The Hall–Kier alpha value is -2.14. The van der Waals surface area contributed by atoms with Crippen molar-refractivity contribution in [1.29, 1.82) is 0 Å². The van der Waals surface area contributed by atoms with Gasteiger partial charge in [-0.25, -0.2) is 0 Å². The van der Waals surface area contributed by atoms with Crippen LogP contribution in [0.5, 0.6) is 0 Å². The van der Waals surface area contributed by atoms with Crippen LogP contribution in [0, 0.1) is 19.8 Å². The molecule has 0 saturated carbocycles. The lowest BCUT2D eigenvalue weighted by Crippen LogP contribution is -2.31. The molecule has 2 heterocycles. The van der Waals surface area contributed by atoms with Crippen molar-refractivity contribution in [3.05, 3.63) is 52.8 Å². The Morgan fingerprint density at radius 3 is 2.83 bits per heavy atom. The van der Waals surface area contributed by atoms with Gasteiger partial charge in [-0.15, -0.1) is 0 Å². The molecule has 1 amide bonds. The van der Waals surface area contributed by atoms with Crippen molar-refractivity contribution in [2.45, 2.75) is 32.8 Å². The molecule has 0 bridgehead atoms. The zero-order chi connectivity index (χ0) is 16.4. The van der Waals surface area contributed by atoms with Crippen LogP contribution in [0.3, 0.4) is 0 Å². The molecule has 2 N–H and O–H groups in total. The van der Waals surface area contributed by atoms with Crippen molar-refractivity contribution in [1.82, 2.24) is 15.1 Å². The van der Waals surface area contributed by atoms with Gasteiger partial charge in [0.25, 0.3) is 0 Å². The third kappa shape index (κ3) is 3.62. The lowest BCUT2D eigenvalue weighted by atomic mass is 10.00. The number of β-amino-alcohol motifs (C(OH)–C–C–N with tert-alkyl or cyclic N) is 1. The Morgan fingerprint density at radius 2 is 2.13 bits per heavy atom. The molecule has 1 aromatic heterocycles. The molecule has 3 rings (SSSR count). The van der Waals surface area contributed by atoms with Gasteiger partial charge in [-0.3, -0.25) is 9.89 Å². The number of rotatable bonds is 4. The standard InChI is InChI=1S/C18H23N3O2/c1-12-5-3-4-6-14(12)9-18(23)21-10-15(17(22)11-21)8-16-7-13(2)19-20-16/h3-7,15,17,22H,8-11H2,1-2H3,(H,19,20). The van der Waals surface area contributed by atoms with Crippen LogP contribution in [0.2, 0.25) is 0 Å². The summed E-state index contributed by atoms with van der Waals surface area (Å²) in [5.41, 5.74) is 4.14. The van der Waals surface area contributed by atoms with Gasteiger partial charge in [-0.2, -0.15) is 5.10 Å². The quantitative estimate of drug-likeness (QED) is 0.901. The number of aryl methyl sites for hydroxylation is 2. The van der Waals surface area contributed by atoms with E-state index in [2.05, 4.69) is 10.2 Å². The highest BCUT2D eigenvalue weighted by atomic mass is 16.3. The summed E-state index contributed by atoms with van der Waals surface area (Å²) in [4.78, 5) is 14.3. The first-order valence-electron chi connectivity index (χ1n) is 8.04. The summed E-state index contributed by atoms with van der Waals surface area (Å²) in [6, 6.07) is 9.93. The predicted octanol–water partition coefficient (Wildman–Crippen LogP) is 1.63. The van der Waals surface area contributed by atoms with E-state index in [1.54, 1.807) is 4.90 Å². The first-order valence-corrected chi connectivity index (χ1v) is 8.04. The smallest absolute Gasteiger partial charge is 0.227 e.